The summed E-state index contributed by atoms with van der Waals surface area (Å²) in [4.78, 5) is 10.8. The van der Waals surface area contributed by atoms with Gasteiger partial charge in [0.15, 0.2) is 11.6 Å². The zero-order valence-electron chi connectivity index (χ0n) is 7.38. The molecule has 0 atom stereocenters. The molecule has 0 heterocycles. The molecule has 0 radical (unpaired) electrons. The standard InChI is InChI=1S/C9H8BrFO3/c1-14-7(12)4-5-2-3-6(10)9(13)8(5)11/h2-3,13H,4H2,1H3. The maximum absolute atomic E-state index is 13.3. The number of halogens is 2. The number of hydrogen-bond donors (Lipinski definition) is 1. The van der Waals surface area contributed by atoms with E-state index in [9.17, 15) is 14.3 Å². The molecule has 0 spiro atoms. The molecule has 1 aromatic rings. The van der Waals surface area contributed by atoms with Gasteiger partial charge < -0.3 is 9.84 Å². The maximum Gasteiger partial charge on any atom is 0.310 e. The van der Waals surface area contributed by atoms with Gasteiger partial charge in [-0.05, 0) is 22.0 Å². The molecule has 0 amide bonds. The number of aromatic hydroxyl groups is 1. The van der Waals surface area contributed by atoms with Gasteiger partial charge in [-0.15, -0.1) is 0 Å². The van der Waals surface area contributed by atoms with Gasteiger partial charge in [0.1, 0.15) is 0 Å². The Bertz CT molecular complexity index is 365. The van der Waals surface area contributed by atoms with Gasteiger partial charge in [-0.25, -0.2) is 4.39 Å². The number of phenolic OH excluding ortho intramolecular Hbond substituents is 1. The number of esters is 1. The molecule has 1 N–H and O–H groups in total. The number of benzene rings is 1. The van der Waals surface area contributed by atoms with Crippen LogP contribution in [0, 0.1) is 5.82 Å². The van der Waals surface area contributed by atoms with Gasteiger partial charge in [0.2, 0.25) is 0 Å². The van der Waals surface area contributed by atoms with Crippen LogP contribution < -0.4 is 0 Å². The second-order valence-electron chi connectivity index (χ2n) is 2.62. The number of carbonyl (C=O) groups is 1. The Morgan fingerprint density at radius 3 is 2.86 bits per heavy atom. The second-order valence-corrected chi connectivity index (χ2v) is 3.48. The largest absolute Gasteiger partial charge is 0.504 e. The van der Waals surface area contributed by atoms with Crippen molar-refractivity contribution in [3.8, 4) is 5.75 Å². The number of methoxy groups -OCH3 is 1. The molecule has 0 aromatic heterocycles. The lowest BCUT2D eigenvalue weighted by Gasteiger charge is -2.04. The predicted molar refractivity (Wildman–Crippen MR) is 51.5 cm³/mol. The van der Waals surface area contributed by atoms with Crippen molar-refractivity contribution in [2.75, 3.05) is 7.11 Å². The summed E-state index contributed by atoms with van der Waals surface area (Å²) in [5, 5.41) is 9.20. The average molecular weight is 263 g/mol. The first-order valence-electron chi connectivity index (χ1n) is 3.79. The Labute approximate surface area is 88.6 Å². The third-order valence-electron chi connectivity index (χ3n) is 1.71. The van der Waals surface area contributed by atoms with Crippen LogP contribution in [0.5, 0.6) is 5.75 Å². The van der Waals surface area contributed by atoms with Crippen LogP contribution in [-0.2, 0) is 16.0 Å². The first kappa shape index (κ1) is 11.0. The Kier molecular flexibility index (Phi) is 3.46. The summed E-state index contributed by atoms with van der Waals surface area (Å²) in [7, 11) is 1.22. The lowest BCUT2D eigenvalue weighted by molar-refractivity contribution is -0.139. The van der Waals surface area contributed by atoms with E-state index in [4.69, 9.17) is 0 Å². The fraction of sp³-hybridized carbons (Fsp3) is 0.222. The van der Waals surface area contributed by atoms with Crippen LogP contribution in [-0.4, -0.2) is 18.2 Å². The van der Waals surface area contributed by atoms with Crippen LogP contribution in [0.3, 0.4) is 0 Å². The summed E-state index contributed by atoms with van der Waals surface area (Å²) >= 11 is 2.96. The smallest absolute Gasteiger partial charge is 0.310 e. The van der Waals surface area contributed by atoms with Gasteiger partial charge >= 0.3 is 5.97 Å². The summed E-state index contributed by atoms with van der Waals surface area (Å²) in [5.74, 6) is -1.85. The Morgan fingerprint density at radius 1 is 1.64 bits per heavy atom. The van der Waals surface area contributed by atoms with Crippen LogP contribution in [0.4, 0.5) is 4.39 Å². The van der Waals surface area contributed by atoms with E-state index in [-0.39, 0.29) is 16.5 Å². The highest BCUT2D eigenvalue weighted by Crippen LogP contribution is 2.29. The molecule has 0 aliphatic rings. The molecule has 0 saturated heterocycles. The topological polar surface area (TPSA) is 46.5 Å². The number of phenols is 1. The first-order valence-corrected chi connectivity index (χ1v) is 4.58. The zero-order valence-corrected chi connectivity index (χ0v) is 8.97. The predicted octanol–water partition coefficient (Wildman–Crippen LogP) is 2.01. The molecule has 0 saturated carbocycles. The van der Waals surface area contributed by atoms with E-state index < -0.39 is 17.5 Å². The molecular weight excluding hydrogens is 255 g/mol. The summed E-state index contributed by atoms with van der Waals surface area (Å²) in [6, 6.07) is 2.88. The molecule has 0 aliphatic heterocycles. The van der Waals surface area contributed by atoms with E-state index in [0.717, 1.165) is 0 Å². The van der Waals surface area contributed by atoms with Crippen molar-refractivity contribution in [1.82, 2.24) is 0 Å². The van der Waals surface area contributed by atoms with Crippen LogP contribution in [0.1, 0.15) is 5.56 Å². The number of hydrogen-bond acceptors (Lipinski definition) is 3. The molecule has 1 rings (SSSR count). The van der Waals surface area contributed by atoms with Crippen molar-refractivity contribution in [2.45, 2.75) is 6.42 Å². The summed E-state index contributed by atoms with van der Waals surface area (Å²) < 4.78 is 17.9. The summed E-state index contributed by atoms with van der Waals surface area (Å²) in [5.41, 5.74) is 0.109. The molecule has 0 fully saturated rings. The lowest BCUT2D eigenvalue weighted by Crippen LogP contribution is -2.06. The third-order valence-corrected chi connectivity index (χ3v) is 2.35. The number of rotatable bonds is 2. The number of ether oxygens (including phenoxy) is 1. The van der Waals surface area contributed by atoms with Gasteiger partial charge in [0.25, 0.3) is 0 Å². The normalized spacial score (nSPS) is 9.93. The fourth-order valence-electron chi connectivity index (χ4n) is 0.947. The van der Waals surface area contributed by atoms with E-state index in [1.54, 1.807) is 0 Å². The van der Waals surface area contributed by atoms with Crippen LogP contribution >= 0.6 is 15.9 Å². The van der Waals surface area contributed by atoms with E-state index in [1.165, 1.54) is 19.2 Å². The highest BCUT2D eigenvalue weighted by molar-refractivity contribution is 9.10. The van der Waals surface area contributed by atoms with E-state index in [0.29, 0.717) is 0 Å². The van der Waals surface area contributed by atoms with Crippen molar-refractivity contribution < 1.29 is 19.0 Å². The van der Waals surface area contributed by atoms with E-state index >= 15 is 0 Å². The van der Waals surface area contributed by atoms with Crippen molar-refractivity contribution in [1.29, 1.82) is 0 Å². The molecular formula is C9H8BrFO3. The highest BCUT2D eigenvalue weighted by Gasteiger charge is 2.13. The molecule has 0 unspecified atom stereocenters. The summed E-state index contributed by atoms with van der Waals surface area (Å²) in [6.07, 6.45) is -0.191. The van der Waals surface area contributed by atoms with Gasteiger partial charge in [0.05, 0.1) is 18.0 Å². The van der Waals surface area contributed by atoms with Crippen LogP contribution in [0.25, 0.3) is 0 Å². The second kappa shape index (κ2) is 4.41. The van der Waals surface area contributed by atoms with Crippen molar-refractivity contribution in [3.05, 3.63) is 28.0 Å². The van der Waals surface area contributed by atoms with Crippen molar-refractivity contribution in [3.63, 3.8) is 0 Å². The van der Waals surface area contributed by atoms with E-state index in [2.05, 4.69) is 20.7 Å². The molecule has 14 heavy (non-hydrogen) atoms. The Morgan fingerprint density at radius 2 is 2.29 bits per heavy atom. The minimum atomic E-state index is -0.801. The number of carbonyl (C=O) groups excluding carboxylic acids is 1. The molecule has 0 bridgehead atoms. The molecule has 1 aromatic carbocycles. The van der Waals surface area contributed by atoms with E-state index in [1.807, 2.05) is 0 Å². The quantitative estimate of drug-likeness (QED) is 0.830. The van der Waals surface area contributed by atoms with Gasteiger partial charge in [-0.2, -0.15) is 0 Å². The Balaban J connectivity index is 3.00. The molecule has 76 valence electrons. The lowest BCUT2D eigenvalue weighted by atomic mass is 10.1. The Hall–Kier alpha value is -1.10. The van der Waals surface area contributed by atoms with Gasteiger partial charge in [0, 0.05) is 5.56 Å². The van der Waals surface area contributed by atoms with Gasteiger partial charge in [-0.3, -0.25) is 4.79 Å². The minimum absolute atomic E-state index is 0.109. The monoisotopic (exact) mass is 262 g/mol. The van der Waals surface area contributed by atoms with Crippen molar-refractivity contribution >= 4 is 21.9 Å². The van der Waals surface area contributed by atoms with Gasteiger partial charge in [-0.1, -0.05) is 6.07 Å². The van der Waals surface area contributed by atoms with Crippen molar-refractivity contribution in [2.24, 2.45) is 0 Å². The first-order chi connectivity index (χ1) is 6.56. The maximum atomic E-state index is 13.3. The molecule has 0 aliphatic carbocycles. The van der Waals surface area contributed by atoms with Crippen LogP contribution in [0.15, 0.2) is 16.6 Å². The highest BCUT2D eigenvalue weighted by atomic mass is 79.9. The fourth-order valence-corrected chi connectivity index (χ4v) is 1.25. The molecule has 5 heteroatoms. The zero-order chi connectivity index (χ0) is 10.7. The SMILES string of the molecule is COC(=O)Cc1ccc(Br)c(O)c1F. The average Bonchev–Trinajstić information content (AvgIpc) is 2.19. The third kappa shape index (κ3) is 2.23. The van der Waals surface area contributed by atoms with Crippen LogP contribution in [0.2, 0.25) is 0 Å². The summed E-state index contributed by atoms with van der Waals surface area (Å²) in [6.45, 7) is 0. The molecule has 3 nitrogen and oxygen atoms in total. The minimum Gasteiger partial charge on any atom is -0.504 e.